The van der Waals surface area contributed by atoms with Crippen molar-refractivity contribution in [2.45, 2.75) is 13.8 Å². The van der Waals surface area contributed by atoms with Crippen molar-refractivity contribution in [3.05, 3.63) is 82.3 Å². The highest BCUT2D eigenvalue weighted by Gasteiger charge is 2.12. The van der Waals surface area contributed by atoms with Gasteiger partial charge in [-0.25, -0.2) is 0 Å². The molecule has 3 rings (SSSR count). The molecule has 1 aromatic heterocycles. The summed E-state index contributed by atoms with van der Waals surface area (Å²) in [7, 11) is 0. The maximum atomic E-state index is 12.6. The second-order valence-electron chi connectivity index (χ2n) is 5.12. The van der Waals surface area contributed by atoms with Crippen LogP contribution in [0.15, 0.2) is 65.6 Å². The summed E-state index contributed by atoms with van der Waals surface area (Å²) in [5.41, 5.74) is 2.28. The van der Waals surface area contributed by atoms with Crippen LogP contribution in [0.1, 0.15) is 11.1 Å². The number of para-hydroxylation sites is 1. The molecule has 0 bridgehead atoms. The molecular formula is C18H16N2O2. The van der Waals surface area contributed by atoms with Crippen molar-refractivity contribution in [2.75, 3.05) is 0 Å². The van der Waals surface area contributed by atoms with E-state index in [9.17, 15) is 4.79 Å². The first-order valence-corrected chi connectivity index (χ1v) is 7.04. The average molecular weight is 292 g/mol. The van der Waals surface area contributed by atoms with Crippen LogP contribution in [0, 0.1) is 13.8 Å². The van der Waals surface area contributed by atoms with Crippen LogP contribution < -0.4 is 10.3 Å². The van der Waals surface area contributed by atoms with Crippen molar-refractivity contribution >= 4 is 0 Å². The Morgan fingerprint density at radius 2 is 1.64 bits per heavy atom. The van der Waals surface area contributed by atoms with Crippen LogP contribution in [0.5, 0.6) is 11.5 Å². The normalized spacial score (nSPS) is 10.5. The second kappa shape index (κ2) is 5.85. The smallest absolute Gasteiger partial charge is 0.314 e. The van der Waals surface area contributed by atoms with Crippen LogP contribution in [0.3, 0.4) is 0 Å². The van der Waals surface area contributed by atoms with Gasteiger partial charge in [0.25, 0.3) is 0 Å². The van der Waals surface area contributed by atoms with Gasteiger partial charge in [0.15, 0.2) is 5.75 Å². The molecule has 22 heavy (non-hydrogen) atoms. The Morgan fingerprint density at radius 3 is 2.32 bits per heavy atom. The first kappa shape index (κ1) is 14.1. The molecule has 0 unspecified atom stereocenters. The number of aryl methyl sites for hydroxylation is 2. The van der Waals surface area contributed by atoms with Gasteiger partial charge in [0, 0.05) is 5.56 Å². The number of aromatic nitrogens is 2. The third-order valence-corrected chi connectivity index (χ3v) is 3.35. The Morgan fingerprint density at radius 1 is 0.955 bits per heavy atom. The van der Waals surface area contributed by atoms with E-state index in [-0.39, 0.29) is 5.56 Å². The summed E-state index contributed by atoms with van der Waals surface area (Å²) >= 11 is 0. The fourth-order valence-corrected chi connectivity index (χ4v) is 2.12. The van der Waals surface area contributed by atoms with E-state index in [1.807, 2.05) is 68.4 Å². The highest BCUT2D eigenvalue weighted by atomic mass is 16.5. The van der Waals surface area contributed by atoms with Crippen molar-refractivity contribution in [1.29, 1.82) is 0 Å². The quantitative estimate of drug-likeness (QED) is 0.740. The number of rotatable bonds is 3. The van der Waals surface area contributed by atoms with Gasteiger partial charge in [0.2, 0.25) is 0 Å². The van der Waals surface area contributed by atoms with Gasteiger partial charge in [-0.3, -0.25) is 4.79 Å². The number of nitrogens with zero attached hydrogens (tertiary/aromatic N) is 2. The molecule has 3 aromatic rings. The van der Waals surface area contributed by atoms with Crippen molar-refractivity contribution < 1.29 is 4.74 Å². The zero-order valence-electron chi connectivity index (χ0n) is 12.5. The highest BCUT2D eigenvalue weighted by molar-refractivity contribution is 5.38. The molecule has 0 saturated carbocycles. The summed E-state index contributed by atoms with van der Waals surface area (Å²) in [5.74, 6) is 0.930. The van der Waals surface area contributed by atoms with Crippen LogP contribution in [0.25, 0.3) is 5.69 Å². The summed E-state index contributed by atoms with van der Waals surface area (Å²) in [5, 5.41) is 4.19. The van der Waals surface area contributed by atoms with Crippen LogP contribution in [-0.4, -0.2) is 9.78 Å². The van der Waals surface area contributed by atoms with E-state index < -0.39 is 0 Å². The average Bonchev–Trinajstić information content (AvgIpc) is 2.54. The van der Waals surface area contributed by atoms with E-state index in [1.165, 1.54) is 4.68 Å². The van der Waals surface area contributed by atoms with Crippen LogP contribution in [0.2, 0.25) is 0 Å². The van der Waals surface area contributed by atoms with Crippen LogP contribution >= 0.6 is 0 Å². The number of hydrogen-bond acceptors (Lipinski definition) is 3. The molecular weight excluding hydrogens is 276 g/mol. The maximum absolute atomic E-state index is 12.6. The minimum Gasteiger partial charge on any atom is -0.451 e. The van der Waals surface area contributed by atoms with Crippen molar-refractivity contribution in [3.63, 3.8) is 0 Å². The standard InChI is InChI=1S/C18H16N2O2/c1-13-8-10-16(11-9-13)22-17-14(2)12-19-20(18(17)21)15-6-4-3-5-7-15/h3-12H,1-2H3. The van der Waals surface area contributed by atoms with Gasteiger partial charge >= 0.3 is 5.56 Å². The SMILES string of the molecule is Cc1ccc(Oc2c(C)cnn(-c3ccccc3)c2=O)cc1. The third-order valence-electron chi connectivity index (χ3n) is 3.35. The predicted octanol–water partition coefficient (Wildman–Crippen LogP) is 3.64. The number of hydrogen-bond donors (Lipinski definition) is 0. The van der Waals surface area contributed by atoms with Gasteiger partial charge in [0.1, 0.15) is 5.75 Å². The van der Waals surface area contributed by atoms with Gasteiger partial charge in [-0.2, -0.15) is 9.78 Å². The maximum Gasteiger partial charge on any atom is 0.314 e. The van der Waals surface area contributed by atoms with Crippen molar-refractivity contribution in [2.24, 2.45) is 0 Å². The molecule has 0 atom stereocenters. The summed E-state index contributed by atoms with van der Waals surface area (Å²) < 4.78 is 7.13. The lowest BCUT2D eigenvalue weighted by atomic mass is 10.2. The molecule has 1 heterocycles. The molecule has 0 radical (unpaired) electrons. The monoisotopic (exact) mass is 292 g/mol. The first-order chi connectivity index (χ1) is 10.6. The summed E-state index contributed by atoms with van der Waals surface area (Å²) in [4.78, 5) is 12.6. The second-order valence-corrected chi connectivity index (χ2v) is 5.12. The lowest BCUT2D eigenvalue weighted by molar-refractivity contribution is 0.463. The van der Waals surface area contributed by atoms with Gasteiger partial charge in [-0.1, -0.05) is 35.9 Å². The number of benzene rings is 2. The van der Waals surface area contributed by atoms with Crippen LogP contribution in [-0.2, 0) is 0 Å². The molecule has 0 amide bonds. The molecule has 0 saturated heterocycles. The number of ether oxygens (including phenoxy) is 1. The Balaban J connectivity index is 2.04. The Kier molecular flexibility index (Phi) is 3.74. The molecule has 0 spiro atoms. The topological polar surface area (TPSA) is 44.1 Å². The Bertz CT molecular complexity index is 837. The van der Waals surface area contributed by atoms with E-state index in [1.54, 1.807) is 6.20 Å². The first-order valence-electron chi connectivity index (χ1n) is 7.04. The largest absolute Gasteiger partial charge is 0.451 e. The zero-order chi connectivity index (χ0) is 15.5. The minimum absolute atomic E-state index is 0.272. The van der Waals surface area contributed by atoms with Gasteiger partial charge < -0.3 is 4.74 Å². The third kappa shape index (κ3) is 2.76. The molecule has 0 N–H and O–H groups in total. The van der Waals surface area contributed by atoms with Crippen molar-refractivity contribution in [1.82, 2.24) is 9.78 Å². The Hall–Kier alpha value is -2.88. The molecule has 0 aliphatic heterocycles. The molecule has 2 aromatic carbocycles. The predicted molar refractivity (Wildman–Crippen MR) is 85.8 cm³/mol. The fourth-order valence-electron chi connectivity index (χ4n) is 2.12. The lowest BCUT2D eigenvalue weighted by Crippen LogP contribution is -2.22. The highest BCUT2D eigenvalue weighted by Crippen LogP contribution is 2.21. The summed E-state index contributed by atoms with van der Waals surface area (Å²) in [6.45, 7) is 3.82. The van der Waals surface area contributed by atoms with Crippen molar-refractivity contribution in [3.8, 4) is 17.2 Å². The zero-order valence-corrected chi connectivity index (χ0v) is 12.5. The minimum atomic E-state index is -0.272. The van der Waals surface area contributed by atoms with E-state index in [0.717, 1.165) is 5.56 Å². The van der Waals surface area contributed by atoms with E-state index in [2.05, 4.69) is 5.10 Å². The fraction of sp³-hybridized carbons (Fsp3) is 0.111. The van der Waals surface area contributed by atoms with Gasteiger partial charge in [-0.15, -0.1) is 0 Å². The van der Waals surface area contributed by atoms with Crippen LogP contribution in [0.4, 0.5) is 0 Å². The molecule has 4 heteroatoms. The van der Waals surface area contributed by atoms with E-state index >= 15 is 0 Å². The molecule has 0 aliphatic rings. The summed E-state index contributed by atoms with van der Waals surface area (Å²) in [6.07, 6.45) is 1.64. The van der Waals surface area contributed by atoms with Gasteiger partial charge in [-0.05, 0) is 38.1 Å². The lowest BCUT2D eigenvalue weighted by Gasteiger charge is -2.11. The summed E-state index contributed by atoms with van der Waals surface area (Å²) in [6, 6.07) is 16.9. The van der Waals surface area contributed by atoms with E-state index in [0.29, 0.717) is 22.7 Å². The van der Waals surface area contributed by atoms with Gasteiger partial charge in [0.05, 0.1) is 11.9 Å². The Labute approximate surface area is 128 Å². The van der Waals surface area contributed by atoms with E-state index in [4.69, 9.17) is 4.74 Å². The molecule has 110 valence electrons. The molecule has 0 aliphatic carbocycles. The molecule has 4 nitrogen and oxygen atoms in total. The molecule has 0 fully saturated rings.